The first-order valence-corrected chi connectivity index (χ1v) is 6.37. The van der Waals surface area contributed by atoms with Crippen LogP contribution < -0.4 is 15.7 Å². The number of carboxylic acids is 1. The van der Waals surface area contributed by atoms with Gasteiger partial charge in [-0.3, -0.25) is 9.78 Å². The molecule has 0 spiro atoms. The van der Waals surface area contributed by atoms with E-state index in [2.05, 4.69) is 10.3 Å². The second kappa shape index (κ2) is 8.20. The van der Waals surface area contributed by atoms with Gasteiger partial charge in [-0.05, 0) is 18.6 Å². The number of hydrogen-bond acceptors (Lipinski definition) is 4. The summed E-state index contributed by atoms with van der Waals surface area (Å²) in [6.45, 7) is 2.70. The van der Waals surface area contributed by atoms with Gasteiger partial charge >= 0.3 is 0 Å². The average molecular weight is 265 g/mol. The number of aliphatic carboxylic acids is 1. The third-order valence-corrected chi connectivity index (χ3v) is 2.66. The van der Waals surface area contributed by atoms with Crippen LogP contribution in [-0.2, 0) is 9.59 Å². The Balaban J connectivity index is 2.45. The van der Waals surface area contributed by atoms with E-state index in [1.165, 1.54) is 6.20 Å². The van der Waals surface area contributed by atoms with Crippen molar-refractivity contribution < 1.29 is 20.0 Å². The molecule has 0 bridgehead atoms. The number of nitrogens with two attached hydrogens (primary N) is 1. The molecule has 3 N–H and O–H groups in total. The lowest BCUT2D eigenvalue weighted by molar-refractivity contribution is -0.682. The van der Waals surface area contributed by atoms with Gasteiger partial charge in [-0.2, -0.15) is 0 Å². The number of hydrogen-bond donors (Lipinski definition) is 2. The molecule has 0 aliphatic rings. The number of pyridine rings is 1. The summed E-state index contributed by atoms with van der Waals surface area (Å²) in [5.41, 5.74) is 0.554. The highest BCUT2D eigenvalue weighted by molar-refractivity contribution is 5.93. The highest BCUT2D eigenvalue weighted by Gasteiger charge is 2.17. The maximum atomic E-state index is 11.7. The summed E-state index contributed by atoms with van der Waals surface area (Å²) in [5.74, 6) is -1.56. The highest BCUT2D eigenvalue weighted by Crippen LogP contribution is 2.03. The summed E-state index contributed by atoms with van der Waals surface area (Å²) >= 11 is 0. The number of carbonyl (C=O) groups excluding carboxylic acids is 2. The second-order valence-corrected chi connectivity index (χ2v) is 4.30. The first kappa shape index (κ1) is 15.1. The molecule has 1 atom stereocenters. The van der Waals surface area contributed by atoms with Crippen molar-refractivity contribution in [2.45, 2.75) is 32.2 Å². The van der Waals surface area contributed by atoms with Crippen LogP contribution in [0.2, 0.25) is 0 Å². The van der Waals surface area contributed by atoms with Gasteiger partial charge in [-0.15, -0.1) is 0 Å². The van der Waals surface area contributed by atoms with Crippen LogP contribution in [0.25, 0.3) is 0 Å². The van der Waals surface area contributed by atoms with Crippen LogP contribution in [0.15, 0.2) is 24.5 Å². The van der Waals surface area contributed by atoms with E-state index in [4.69, 9.17) is 0 Å². The molecule has 0 saturated carbocycles. The van der Waals surface area contributed by atoms with Crippen molar-refractivity contribution >= 4 is 17.6 Å². The molecule has 104 valence electrons. The molecule has 1 aromatic rings. The van der Waals surface area contributed by atoms with Crippen molar-refractivity contribution in [3.05, 3.63) is 24.5 Å². The van der Waals surface area contributed by atoms with E-state index in [1.807, 2.05) is 6.92 Å². The van der Waals surface area contributed by atoms with Crippen molar-refractivity contribution in [1.82, 2.24) is 4.98 Å². The molecule has 0 aromatic carbocycles. The molecule has 0 saturated heterocycles. The number of carbonyl (C=O) groups is 2. The topological polar surface area (TPSA) is 98.7 Å². The monoisotopic (exact) mass is 265 g/mol. The smallest absolute Gasteiger partial charge is 0.230 e. The number of carboxylic acid groups (broad SMARTS) is 1. The summed E-state index contributed by atoms with van der Waals surface area (Å²) < 4.78 is 0. The van der Waals surface area contributed by atoms with Crippen molar-refractivity contribution in [1.29, 1.82) is 0 Å². The number of nitrogens with one attached hydrogen (secondary N) is 1. The summed E-state index contributed by atoms with van der Waals surface area (Å²) in [5, 5.41) is 15.2. The van der Waals surface area contributed by atoms with E-state index in [0.717, 1.165) is 12.8 Å². The van der Waals surface area contributed by atoms with E-state index in [-0.39, 0.29) is 12.3 Å². The van der Waals surface area contributed by atoms with Crippen molar-refractivity contribution in [3.8, 4) is 0 Å². The minimum atomic E-state index is -1.21. The van der Waals surface area contributed by atoms with E-state index in [9.17, 15) is 14.7 Å². The fourth-order valence-electron chi connectivity index (χ4n) is 1.63. The molecular formula is C13H19N3O3. The molecule has 1 amide bonds. The first-order chi connectivity index (χ1) is 9.13. The third-order valence-electron chi connectivity index (χ3n) is 2.66. The summed E-state index contributed by atoms with van der Waals surface area (Å²) in [7, 11) is 0. The van der Waals surface area contributed by atoms with Crippen molar-refractivity contribution in [2.75, 3.05) is 11.9 Å². The van der Waals surface area contributed by atoms with Crippen LogP contribution in [0, 0.1) is 0 Å². The highest BCUT2D eigenvalue weighted by atomic mass is 16.4. The van der Waals surface area contributed by atoms with Crippen LogP contribution in [0.4, 0.5) is 5.69 Å². The molecule has 0 radical (unpaired) electrons. The maximum absolute atomic E-state index is 11.7. The predicted molar refractivity (Wildman–Crippen MR) is 68.0 cm³/mol. The fraction of sp³-hybridized carbons (Fsp3) is 0.462. The number of amides is 1. The Morgan fingerprint density at radius 1 is 1.53 bits per heavy atom. The zero-order valence-corrected chi connectivity index (χ0v) is 11.0. The Bertz CT molecular complexity index is 409. The minimum absolute atomic E-state index is 0.110. The van der Waals surface area contributed by atoms with Gasteiger partial charge in [0.15, 0.2) is 0 Å². The molecule has 0 aliphatic heterocycles. The number of anilines is 1. The first-order valence-electron chi connectivity index (χ1n) is 6.37. The Morgan fingerprint density at radius 3 is 2.89 bits per heavy atom. The van der Waals surface area contributed by atoms with Gasteiger partial charge in [0.1, 0.15) is 6.04 Å². The SMILES string of the molecule is CCCC[NH2+][C@@H](CC(=O)Nc1cccnc1)C(=O)[O-]. The van der Waals surface area contributed by atoms with Gasteiger partial charge < -0.3 is 20.5 Å². The quantitative estimate of drug-likeness (QED) is 0.582. The third kappa shape index (κ3) is 5.96. The van der Waals surface area contributed by atoms with Crippen LogP contribution >= 0.6 is 0 Å². The molecule has 0 unspecified atom stereocenters. The maximum Gasteiger partial charge on any atom is 0.230 e. The lowest BCUT2D eigenvalue weighted by Gasteiger charge is -2.16. The van der Waals surface area contributed by atoms with Gasteiger partial charge in [-0.25, -0.2) is 0 Å². The predicted octanol–water partition coefficient (Wildman–Crippen LogP) is -1.11. The number of unbranched alkanes of at least 4 members (excludes halogenated alkanes) is 1. The summed E-state index contributed by atoms with van der Waals surface area (Å²) in [4.78, 5) is 26.5. The van der Waals surface area contributed by atoms with Crippen molar-refractivity contribution in [3.63, 3.8) is 0 Å². The van der Waals surface area contributed by atoms with Crippen LogP contribution in [-0.4, -0.2) is 29.4 Å². The van der Waals surface area contributed by atoms with E-state index in [1.54, 1.807) is 23.6 Å². The average Bonchev–Trinajstić information content (AvgIpc) is 2.38. The molecule has 1 heterocycles. The normalized spacial score (nSPS) is 11.8. The van der Waals surface area contributed by atoms with Gasteiger partial charge in [0.25, 0.3) is 0 Å². The second-order valence-electron chi connectivity index (χ2n) is 4.30. The van der Waals surface area contributed by atoms with E-state index in [0.29, 0.717) is 12.2 Å². The number of rotatable bonds is 8. The Hall–Kier alpha value is -1.95. The zero-order chi connectivity index (χ0) is 14.1. The standard InChI is InChI=1S/C13H19N3O3/c1-2-3-7-15-11(13(18)19)8-12(17)16-10-5-4-6-14-9-10/h4-6,9,11,15H,2-3,7-8H2,1H3,(H,16,17)(H,18,19)/t11-/m0/s1. The summed E-state index contributed by atoms with van der Waals surface area (Å²) in [6, 6.07) is 2.54. The minimum Gasteiger partial charge on any atom is -0.544 e. The molecule has 1 aromatic heterocycles. The van der Waals surface area contributed by atoms with Gasteiger partial charge in [0, 0.05) is 6.20 Å². The lowest BCUT2D eigenvalue weighted by atomic mass is 10.2. The molecular weight excluding hydrogens is 246 g/mol. The van der Waals surface area contributed by atoms with E-state index >= 15 is 0 Å². The fourth-order valence-corrected chi connectivity index (χ4v) is 1.63. The molecule has 0 aliphatic carbocycles. The number of quaternary nitrogens is 1. The zero-order valence-electron chi connectivity index (χ0n) is 11.0. The van der Waals surface area contributed by atoms with E-state index < -0.39 is 12.0 Å². The van der Waals surface area contributed by atoms with Crippen LogP contribution in [0.1, 0.15) is 26.2 Å². The molecule has 19 heavy (non-hydrogen) atoms. The largest absolute Gasteiger partial charge is 0.544 e. The Morgan fingerprint density at radius 2 is 2.32 bits per heavy atom. The summed E-state index contributed by atoms with van der Waals surface area (Å²) in [6.07, 6.45) is 4.89. The Kier molecular flexibility index (Phi) is 6.52. The van der Waals surface area contributed by atoms with Gasteiger partial charge in [-0.1, -0.05) is 13.3 Å². The van der Waals surface area contributed by atoms with Crippen molar-refractivity contribution in [2.24, 2.45) is 0 Å². The molecule has 1 rings (SSSR count). The molecule has 6 heteroatoms. The molecule has 6 nitrogen and oxygen atoms in total. The lowest BCUT2D eigenvalue weighted by Crippen LogP contribution is -2.93. The number of nitrogens with zero attached hydrogens (tertiary/aromatic N) is 1. The number of aromatic nitrogens is 1. The van der Waals surface area contributed by atoms with Gasteiger partial charge in [0.2, 0.25) is 5.91 Å². The Labute approximate surface area is 112 Å². The van der Waals surface area contributed by atoms with Gasteiger partial charge in [0.05, 0.1) is 30.8 Å². The van der Waals surface area contributed by atoms with Crippen LogP contribution in [0.3, 0.4) is 0 Å². The van der Waals surface area contributed by atoms with Crippen LogP contribution in [0.5, 0.6) is 0 Å². The molecule has 0 fully saturated rings.